The van der Waals surface area contributed by atoms with Gasteiger partial charge in [0.15, 0.2) is 0 Å². The Labute approximate surface area is 309 Å². The predicted octanol–water partition coefficient (Wildman–Crippen LogP) is 11.1. The molecule has 0 fully saturated rings. The summed E-state index contributed by atoms with van der Waals surface area (Å²) < 4.78 is 0.559. The fraction of sp³-hybridized carbons (Fsp3) is 0.0204. The molecule has 0 saturated carbocycles. The van der Waals surface area contributed by atoms with Gasteiger partial charge in [-0.05, 0) is 0 Å². The van der Waals surface area contributed by atoms with E-state index in [9.17, 15) is 0 Å². The maximum atomic E-state index is 2.31. The van der Waals surface area contributed by atoms with Gasteiger partial charge in [-0.25, -0.2) is 0 Å². The van der Waals surface area contributed by atoms with Crippen LogP contribution < -0.4 is 20.4 Å². The Kier molecular flexibility index (Phi) is 12.0. The van der Waals surface area contributed by atoms with Crippen LogP contribution >= 0.6 is 7.26 Å². The van der Waals surface area contributed by atoms with Crippen LogP contribution in [0.15, 0.2) is 243 Å². The summed E-state index contributed by atoms with van der Waals surface area (Å²) in [6.07, 6.45) is 1.06. The second kappa shape index (κ2) is 17.4. The van der Waals surface area contributed by atoms with Crippen molar-refractivity contribution in [3.63, 3.8) is 0 Å². The van der Waals surface area contributed by atoms with Crippen LogP contribution in [0.1, 0.15) is 5.56 Å². The third-order valence-electron chi connectivity index (χ3n) is 9.69. The molecule has 8 aromatic carbocycles. The van der Waals surface area contributed by atoms with Gasteiger partial charge in [-0.2, -0.15) is 4.48 Å². The van der Waals surface area contributed by atoms with Crippen molar-refractivity contribution < 1.29 is 5.48 Å². The topological polar surface area (TPSA) is 31.5 Å². The molecule has 0 radical (unpaired) electrons. The monoisotopic (exact) mass is 694 g/mol. The fourth-order valence-corrected chi connectivity index (χ4v) is 12.1. The number of hydrogen-bond donors (Lipinski definition) is 0. The molecule has 2 N–H and O–H groups in total. The molecule has 0 aliphatic rings. The minimum atomic E-state index is -2.16. The number of rotatable bonds is 9. The van der Waals surface area contributed by atoms with E-state index in [1.54, 1.807) is 0 Å². The van der Waals surface area contributed by atoms with Gasteiger partial charge in [0.25, 0.3) is 0 Å². The summed E-state index contributed by atoms with van der Waals surface area (Å²) in [5.74, 6) is 0. The van der Waals surface area contributed by atoms with Crippen molar-refractivity contribution in [1.82, 2.24) is 4.48 Å². The van der Waals surface area contributed by atoms with E-state index < -0.39 is 7.26 Å². The summed E-state index contributed by atoms with van der Waals surface area (Å²) in [6, 6.07) is 86.9. The number of quaternary nitrogens is 1. The van der Waals surface area contributed by atoms with Gasteiger partial charge in [-0.15, -0.1) is 0 Å². The van der Waals surface area contributed by atoms with Crippen LogP contribution in [0.5, 0.6) is 0 Å². The molecule has 256 valence electrons. The zero-order valence-electron chi connectivity index (χ0n) is 29.2. The molecule has 0 unspecified atom stereocenters. The molecule has 8 rings (SSSR count). The summed E-state index contributed by atoms with van der Waals surface area (Å²) in [5, 5.41) is 4.38. The fourth-order valence-electron chi connectivity index (χ4n) is 7.38. The van der Waals surface area contributed by atoms with E-state index in [0.29, 0.717) is 4.48 Å². The van der Waals surface area contributed by atoms with Crippen molar-refractivity contribution in [3.8, 4) is 0 Å². The Morgan fingerprint density at radius 1 is 0.269 bits per heavy atom. The molecule has 8 aromatic rings. The first kappa shape index (κ1) is 35.9. The molecule has 52 heavy (non-hydrogen) atoms. The van der Waals surface area contributed by atoms with Gasteiger partial charge in [0.05, 0.1) is 0 Å². The smallest absolute Gasteiger partial charge is 0.148 e. The maximum Gasteiger partial charge on any atom is 0.148 e. The van der Waals surface area contributed by atoms with Crippen LogP contribution in [-0.4, -0.2) is 5.48 Å². The largest absolute Gasteiger partial charge is 0.194 e. The van der Waals surface area contributed by atoms with Gasteiger partial charge in [0, 0.05) is 48.5 Å². The number of hydrogen-bond acceptors (Lipinski definition) is 0. The summed E-state index contributed by atoms with van der Waals surface area (Å²) in [4.78, 5) is 0. The molecule has 0 aromatic heterocycles. The molecular formula is C49H45NOP+. The van der Waals surface area contributed by atoms with Crippen molar-refractivity contribution in [2.24, 2.45) is 0 Å². The zero-order chi connectivity index (χ0) is 34.6. The Bertz CT molecular complexity index is 1920. The summed E-state index contributed by atoms with van der Waals surface area (Å²) in [7, 11) is -2.16. The number of benzene rings is 8. The van der Waals surface area contributed by atoms with E-state index in [4.69, 9.17) is 0 Å². The molecule has 0 aliphatic heterocycles. The van der Waals surface area contributed by atoms with Crippen molar-refractivity contribution in [1.29, 1.82) is 0 Å². The van der Waals surface area contributed by atoms with Crippen LogP contribution in [0.3, 0.4) is 0 Å². The maximum absolute atomic E-state index is 2.31. The van der Waals surface area contributed by atoms with Crippen LogP contribution in [0.4, 0.5) is 22.7 Å². The summed E-state index contributed by atoms with van der Waals surface area (Å²) in [6.45, 7) is 0. The molecule has 0 spiro atoms. The quantitative estimate of drug-likeness (QED) is 0.106. The van der Waals surface area contributed by atoms with E-state index in [1.807, 2.05) is 0 Å². The third kappa shape index (κ3) is 7.42. The zero-order valence-corrected chi connectivity index (χ0v) is 30.2. The third-order valence-corrected chi connectivity index (χ3v) is 14.6. The number of para-hydroxylation sites is 4. The number of nitrogens with zero attached hydrogens (tertiary/aromatic N) is 1. The molecule has 0 amide bonds. The Morgan fingerprint density at radius 2 is 0.481 bits per heavy atom. The average molecular weight is 695 g/mol. The van der Waals surface area contributed by atoms with E-state index in [0.717, 1.165) is 6.16 Å². The summed E-state index contributed by atoms with van der Waals surface area (Å²) >= 11 is 0. The molecule has 0 bridgehead atoms. The van der Waals surface area contributed by atoms with Crippen LogP contribution in [0.2, 0.25) is 0 Å². The van der Waals surface area contributed by atoms with E-state index in [2.05, 4.69) is 243 Å². The molecule has 0 atom stereocenters. The second-order valence-electron chi connectivity index (χ2n) is 12.7. The van der Waals surface area contributed by atoms with Gasteiger partial charge < -0.3 is 5.48 Å². The van der Waals surface area contributed by atoms with E-state index in [1.165, 1.54) is 44.2 Å². The van der Waals surface area contributed by atoms with Crippen molar-refractivity contribution in [2.75, 3.05) is 0 Å². The Morgan fingerprint density at radius 3 is 0.731 bits per heavy atom. The standard InChI is InChI=1S/C25H23P.C24H20N.H2O/c1-5-13-22(14-6-1)21-26(23-15-7-2-8-16-23,24-17-9-3-10-18-24)25-19-11-4-12-20-25;1-5-13-21(14-6-1)25(22-15-7-2-8-16-22,23-17-9-3-10-18-23)24-19-11-4-12-20-24;/h1-20,26H,21H2;1-20H;1H2/q;+1;. The van der Waals surface area contributed by atoms with Crippen LogP contribution in [0.25, 0.3) is 0 Å². The predicted molar refractivity (Wildman–Crippen MR) is 227 cm³/mol. The van der Waals surface area contributed by atoms with Crippen molar-refractivity contribution in [3.05, 3.63) is 248 Å². The van der Waals surface area contributed by atoms with Gasteiger partial charge in [-0.3, -0.25) is 0 Å². The van der Waals surface area contributed by atoms with Gasteiger partial charge >= 0.3 is 156 Å². The Balaban J connectivity index is 0.000000175. The minimum absolute atomic E-state index is 0. The summed E-state index contributed by atoms with van der Waals surface area (Å²) in [5.41, 5.74) is 6.25. The van der Waals surface area contributed by atoms with Crippen LogP contribution in [-0.2, 0) is 6.16 Å². The first-order valence-electron chi connectivity index (χ1n) is 17.6. The van der Waals surface area contributed by atoms with E-state index in [-0.39, 0.29) is 5.48 Å². The second-order valence-corrected chi connectivity index (χ2v) is 16.6. The molecule has 0 aliphatic carbocycles. The average Bonchev–Trinajstić information content (AvgIpc) is 3.23. The van der Waals surface area contributed by atoms with Gasteiger partial charge in [0.1, 0.15) is 22.7 Å². The van der Waals surface area contributed by atoms with Crippen molar-refractivity contribution in [2.45, 2.75) is 6.16 Å². The molecule has 0 saturated heterocycles. The normalized spacial score (nSPS) is 11.3. The van der Waals surface area contributed by atoms with Gasteiger partial charge in [-0.1, -0.05) is 72.8 Å². The minimum Gasteiger partial charge on any atom is -0.194 e. The molecule has 2 nitrogen and oxygen atoms in total. The first-order chi connectivity index (χ1) is 25.3. The molecule has 0 heterocycles. The van der Waals surface area contributed by atoms with E-state index >= 15 is 0 Å². The first-order valence-corrected chi connectivity index (χ1v) is 19.8. The van der Waals surface area contributed by atoms with Gasteiger partial charge in [0.2, 0.25) is 0 Å². The van der Waals surface area contributed by atoms with Crippen molar-refractivity contribution >= 4 is 45.9 Å². The van der Waals surface area contributed by atoms with Crippen LogP contribution in [0, 0.1) is 0 Å². The Hall–Kier alpha value is -5.89. The molecular weight excluding hydrogens is 650 g/mol. The molecule has 3 heteroatoms. The SMILES string of the molecule is O.c1ccc(C[PH](c2ccccc2)(c2ccccc2)c2ccccc2)cc1.c1ccc([N+](c2ccccc2)(c2ccccc2)c2ccccc2)cc1.